The van der Waals surface area contributed by atoms with Crippen molar-refractivity contribution in [2.45, 2.75) is 24.9 Å². The van der Waals surface area contributed by atoms with Gasteiger partial charge in [0, 0.05) is 44.8 Å². The molecule has 5 rings (SSSR count). The van der Waals surface area contributed by atoms with Crippen LogP contribution >= 0.6 is 0 Å². The van der Waals surface area contributed by atoms with Crippen LogP contribution in [0, 0.1) is 0 Å². The molecule has 0 aliphatic carbocycles. The van der Waals surface area contributed by atoms with Gasteiger partial charge in [-0.25, -0.2) is 4.68 Å². The minimum Gasteiger partial charge on any atom is -0.338 e. The second-order valence-corrected chi connectivity index (χ2v) is 8.49. The van der Waals surface area contributed by atoms with Crippen molar-refractivity contribution in [3.05, 3.63) is 72.6 Å². The Bertz CT molecular complexity index is 1070. The van der Waals surface area contributed by atoms with Crippen molar-refractivity contribution in [2.75, 3.05) is 37.6 Å². The maximum Gasteiger partial charge on any atom is 0.248 e. The number of carbonyl (C=O) groups excluding carboxylic acids is 2. The molecule has 2 amide bonds. The van der Waals surface area contributed by atoms with Crippen LogP contribution in [0.25, 0.3) is 0 Å². The zero-order valence-electron chi connectivity index (χ0n) is 18.4. The van der Waals surface area contributed by atoms with E-state index in [2.05, 4.69) is 20.4 Å². The molecule has 0 N–H and O–H groups in total. The highest BCUT2D eigenvalue weighted by molar-refractivity contribution is 5.99. The predicted molar refractivity (Wildman–Crippen MR) is 122 cm³/mol. The third-order valence-corrected chi connectivity index (χ3v) is 6.55. The number of benzene rings is 2. The molecular formula is C24H27N7O2. The fourth-order valence-electron chi connectivity index (χ4n) is 4.78. The van der Waals surface area contributed by atoms with Crippen molar-refractivity contribution >= 4 is 17.5 Å². The quantitative estimate of drug-likeness (QED) is 0.570. The summed E-state index contributed by atoms with van der Waals surface area (Å²) in [5, 5.41) is 11.5. The van der Waals surface area contributed by atoms with Crippen LogP contribution in [0.2, 0.25) is 0 Å². The molecule has 2 atom stereocenters. The van der Waals surface area contributed by atoms with Gasteiger partial charge < -0.3 is 9.80 Å². The fourth-order valence-corrected chi connectivity index (χ4v) is 4.78. The Morgan fingerprint density at radius 1 is 0.939 bits per heavy atom. The Morgan fingerprint density at radius 3 is 2.30 bits per heavy atom. The second kappa shape index (κ2) is 9.50. The normalized spacial score (nSPS) is 20.2. The number of nitrogens with zero attached hydrogens (tertiary/aromatic N) is 7. The average Bonchev–Trinajstić information content (AvgIpc) is 3.54. The second-order valence-electron chi connectivity index (χ2n) is 8.49. The largest absolute Gasteiger partial charge is 0.338 e. The van der Waals surface area contributed by atoms with Crippen LogP contribution in [0.3, 0.4) is 0 Å². The first-order chi connectivity index (χ1) is 16.2. The molecule has 2 unspecified atom stereocenters. The van der Waals surface area contributed by atoms with Gasteiger partial charge in [-0.15, -0.1) is 5.10 Å². The first kappa shape index (κ1) is 21.3. The lowest BCUT2D eigenvalue weighted by Crippen LogP contribution is -2.55. The highest BCUT2D eigenvalue weighted by atomic mass is 16.2. The SMILES string of the molecule is O=C(C(Cc1ccccc1)n1cnnn1)N1CCN(C2CCN(c3ccccc3)C2=O)CC1. The standard InChI is InChI=1S/C24H27N7O2/c32-23(22(31-18-25-26-27-31)17-19-7-3-1-4-8-19)29-15-13-28(14-16-29)21-11-12-30(24(21)33)20-9-5-2-6-10-20/h1-10,18,21-22H,11-17H2. The number of hydrogen-bond donors (Lipinski definition) is 0. The van der Waals surface area contributed by atoms with Gasteiger partial charge in [0.2, 0.25) is 11.8 Å². The van der Waals surface area contributed by atoms with E-state index in [0.717, 1.165) is 24.2 Å². The number of piperazine rings is 1. The molecule has 2 aromatic carbocycles. The van der Waals surface area contributed by atoms with Crippen molar-refractivity contribution in [3.8, 4) is 0 Å². The Balaban J connectivity index is 1.23. The molecule has 0 saturated carbocycles. The number of aromatic nitrogens is 4. The Kier molecular flexibility index (Phi) is 6.12. The van der Waals surface area contributed by atoms with E-state index in [4.69, 9.17) is 0 Å². The summed E-state index contributed by atoms with van der Waals surface area (Å²) in [7, 11) is 0. The van der Waals surface area contributed by atoms with Crippen LogP contribution in [0.4, 0.5) is 5.69 Å². The predicted octanol–water partition coefficient (Wildman–Crippen LogP) is 1.41. The van der Waals surface area contributed by atoms with Crippen molar-refractivity contribution in [3.63, 3.8) is 0 Å². The van der Waals surface area contributed by atoms with Crippen LogP contribution in [0.5, 0.6) is 0 Å². The monoisotopic (exact) mass is 445 g/mol. The van der Waals surface area contributed by atoms with Crippen LogP contribution in [0.15, 0.2) is 67.0 Å². The first-order valence-corrected chi connectivity index (χ1v) is 11.4. The lowest BCUT2D eigenvalue weighted by molar-refractivity contribution is -0.137. The molecule has 2 aliphatic rings. The molecule has 2 aliphatic heterocycles. The van der Waals surface area contributed by atoms with E-state index in [1.807, 2.05) is 70.5 Å². The maximum atomic E-state index is 13.4. The summed E-state index contributed by atoms with van der Waals surface area (Å²) in [4.78, 5) is 32.5. The number of anilines is 1. The molecule has 3 heterocycles. The summed E-state index contributed by atoms with van der Waals surface area (Å²) in [6.45, 7) is 3.25. The van der Waals surface area contributed by atoms with Gasteiger partial charge in [-0.05, 0) is 34.5 Å². The van der Waals surface area contributed by atoms with E-state index in [-0.39, 0.29) is 17.9 Å². The molecule has 0 spiro atoms. The summed E-state index contributed by atoms with van der Waals surface area (Å²) in [6.07, 6.45) is 2.83. The fraction of sp³-hybridized carbons (Fsp3) is 0.375. The minimum absolute atomic E-state index is 0.00876. The third kappa shape index (κ3) is 4.49. The van der Waals surface area contributed by atoms with Crippen LogP contribution in [-0.4, -0.2) is 80.6 Å². The molecule has 3 aromatic rings. The zero-order chi connectivity index (χ0) is 22.6. The van der Waals surface area contributed by atoms with Gasteiger partial charge in [0.25, 0.3) is 0 Å². The molecule has 1 aromatic heterocycles. The van der Waals surface area contributed by atoms with Gasteiger partial charge in [0.05, 0.1) is 6.04 Å². The van der Waals surface area contributed by atoms with Crippen LogP contribution in [0.1, 0.15) is 18.0 Å². The van der Waals surface area contributed by atoms with Crippen LogP contribution < -0.4 is 4.90 Å². The maximum absolute atomic E-state index is 13.4. The molecule has 170 valence electrons. The number of hydrogen-bond acceptors (Lipinski definition) is 6. The highest BCUT2D eigenvalue weighted by Crippen LogP contribution is 2.25. The zero-order valence-corrected chi connectivity index (χ0v) is 18.4. The summed E-state index contributed by atoms with van der Waals surface area (Å²) in [5.74, 6) is 0.158. The number of para-hydroxylation sites is 1. The molecule has 2 saturated heterocycles. The lowest BCUT2D eigenvalue weighted by Gasteiger charge is -2.38. The summed E-state index contributed by atoms with van der Waals surface area (Å²) in [5.41, 5.74) is 2.01. The van der Waals surface area contributed by atoms with E-state index < -0.39 is 6.04 Å². The molecule has 9 nitrogen and oxygen atoms in total. The van der Waals surface area contributed by atoms with Gasteiger partial charge in [0.15, 0.2) is 0 Å². The molecule has 33 heavy (non-hydrogen) atoms. The minimum atomic E-state index is -0.490. The Labute approximate surface area is 192 Å². The summed E-state index contributed by atoms with van der Waals surface area (Å²) in [6, 6.07) is 19.1. The average molecular weight is 446 g/mol. The number of rotatable bonds is 6. The van der Waals surface area contributed by atoms with Crippen molar-refractivity contribution < 1.29 is 9.59 Å². The topological polar surface area (TPSA) is 87.5 Å². The lowest BCUT2D eigenvalue weighted by atomic mass is 10.0. The van der Waals surface area contributed by atoms with Gasteiger partial charge >= 0.3 is 0 Å². The van der Waals surface area contributed by atoms with E-state index in [0.29, 0.717) is 32.6 Å². The smallest absolute Gasteiger partial charge is 0.248 e. The van der Waals surface area contributed by atoms with E-state index in [1.165, 1.54) is 6.33 Å². The number of carbonyl (C=O) groups is 2. The Morgan fingerprint density at radius 2 is 1.64 bits per heavy atom. The molecular weight excluding hydrogens is 418 g/mol. The molecule has 0 radical (unpaired) electrons. The van der Waals surface area contributed by atoms with Gasteiger partial charge in [-0.1, -0.05) is 48.5 Å². The molecule has 9 heteroatoms. The van der Waals surface area contributed by atoms with Crippen LogP contribution in [-0.2, 0) is 16.0 Å². The molecule has 2 fully saturated rings. The van der Waals surface area contributed by atoms with Crippen molar-refractivity contribution in [1.82, 2.24) is 30.0 Å². The van der Waals surface area contributed by atoms with E-state index >= 15 is 0 Å². The number of tetrazole rings is 1. The van der Waals surface area contributed by atoms with Gasteiger partial charge in [-0.2, -0.15) is 0 Å². The first-order valence-electron chi connectivity index (χ1n) is 11.4. The van der Waals surface area contributed by atoms with Gasteiger partial charge in [-0.3, -0.25) is 14.5 Å². The van der Waals surface area contributed by atoms with Gasteiger partial charge in [0.1, 0.15) is 12.4 Å². The molecule has 0 bridgehead atoms. The third-order valence-electron chi connectivity index (χ3n) is 6.55. The van der Waals surface area contributed by atoms with Crippen molar-refractivity contribution in [2.24, 2.45) is 0 Å². The number of amides is 2. The van der Waals surface area contributed by atoms with Crippen molar-refractivity contribution in [1.29, 1.82) is 0 Å². The van der Waals surface area contributed by atoms with E-state index in [1.54, 1.807) is 4.68 Å². The summed E-state index contributed by atoms with van der Waals surface area (Å²) >= 11 is 0. The van der Waals surface area contributed by atoms with E-state index in [9.17, 15) is 9.59 Å². The Hall–Kier alpha value is -3.59. The summed E-state index contributed by atoms with van der Waals surface area (Å²) < 4.78 is 1.54. The highest BCUT2D eigenvalue weighted by Gasteiger charge is 2.39.